The van der Waals surface area contributed by atoms with E-state index in [9.17, 15) is 22.8 Å². The molecule has 30 heavy (non-hydrogen) atoms. The Morgan fingerprint density at radius 2 is 1.83 bits per heavy atom. The van der Waals surface area contributed by atoms with Crippen molar-refractivity contribution in [1.29, 1.82) is 0 Å². The maximum Gasteiger partial charge on any atom is 0.573 e. The van der Waals surface area contributed by atoms with Gasteiger partial charge in [0.15, 0.2) is 5.78 Å². The predicted octanol–water partition coefficient (Wildman–Crippen LogP) is 5.80. The number of hydrogen-bond acceptors (Lipinski definition) is 3. The molecule has 0 aliphatic carbocycles. The van der Waals surface area contributed by atoms with Gasteiger partial charge in [-0.05, 0) is 61.7 Å². The molecule has 0 atom stereocenters. The summed E-state index contributed by atoms with van der Waals surface area (Å²) in [6.07, 6.45) is -4.52. The number of amides is 1. The lowest BCUT2D eigenvalue weighted by Gasteiger charge is -2.39. The van der Waals surface area contributed by atoms with Crippen LogP contribution < -0.4 is 9.64 Å². The summed E-state index contributed by atoms with van der Waals surface area (Å²) in [6, 6.07) is 7.52. The van der Waals surface area contributed by atoms with E-state index in [4.69, 9.17) is 0 Å². The molecule has 0 radical (unpaired) electrons. The second-order valence-electron chi connectivity index (χ2n) is 8.20. The first-order valence-electron chi connectivity index (χ1n) is 9.70. The van der Waals surface area contributed by atoms with Crippen molar-refractivity contribution in [3.63, 3.8) is 0 Å². The van der Waals surface area contributed by atoms with E-state index in [1.165, 1.54) is 19.1 Å². The molecule has 7 heteroatoms. The van der Waals surface area contributed by atoms with Crippen molar-refractivity contribution in [3.8, 4) is 16.9 Å². The minimum Gasteiger partial charge on any atom is -0.405 e. The van der Waals surface area contributed by atoms with Crippen molar-refractivity contribution in [2.45, 2.75) is 52.8 Å². The summed E-state index contributed by atoms with van der Waals surface area (Å²) in [5, 5.41) is 0. The lowest BCUT2D eigenvalue weighted by molar-refractivity contribution is -0.274. The van der Waals surface area contributed by atoms with E-state index in [0.29, 0.717) is 24.2 Å². The Balaban J connectivity index is 2.28. The highest BCUT2D eigenvalue weighted by atomic mass is 19.4. The molecule has 0 unspecified atom stereocenters. The molecule has 1 aliphatic rings. The number of halogens is 3. The molecule has 4 nitrogen and oxygen atoms in total. The van der Waals surface area contributed by atoms with Gasteiger partial charge in [0, 0.05) is 35.2 Å². The number of Topliss-reactive ketones (excluding diaryl/α,β-unsaturated/α-hetero) is 1. The number of anilines is 1. The van der Waals surface area contributed by atoms with Gasteiger partial charge in [-0.2, -0.15) is 0 Å². The summed E-state index contributed by atoms with van der Waals surface area (Å²) in [4.78, 5) is 26.1. The minimum absolute atomic E-state index is 0.0333. The highest BCUT2D eigenvalue weighted by Crippen LogP contribution is 2.45. The highest BCUT2D eigenvalue weighted by molar-refractivity contribution is 6.00. The van der Waals surface area contributed by atoms with E-state index < -0.39 is 11.8 Å². The van der Waals surface area contributed by atoms with Gasteiger partial charge in [-0.3, -0.25) is 9.59 Å². The van der Waals surface area contributed by atoms with Crippen molar-refractivity contribution in [2.75, 3.05) is 11.4 Å². The van der Waals surface area contributed by atoms with Gasteiger partial charge < -0.3 is 9.64 Å². The van der Waals surface area contributed by atoms with E-state index in [1.807, 2.05) is 26.8 Å². The Hall–Kier alpha value is -2.83. The molecule has 1 heterocycles. The lowest BCUT2D eigenvalue weighted by atomic mass is 9.75. The number of carbonyl (C=O) groups is 2. The molecule has 0 saturated carbocycles. The molecular weight excluding hydrogens is 395 g/mol. The summed E-state index contributed by atoms with van der Waals surface area (Å²) in [7, 11) is 0. The van der Waals surface area contributed by atoms with Gasteiger partial charge >= 0.3 is 6.36 Å². The molecule has 0 fully saturated rings. The summed E-state index contributed by atoms with van der Waals surface area (Å²) >= 11 is 0. The van der Waals surface area contributed by atoms with Crippen LogP contribution in [-0.2, 0) is 10.2 Å². The third-order valence-corrected chi connectivity index (χ3v) is 5.48. The number of alkyl halides is 3. The van der Waals surface area contributed by atoms with E-state index in [0.717, 1.165) is 17.2 Å². The fourth-order valence-corrected chi connectivity index (χ4v) is 3.97. The molecule has 0 saturated heterocycles. The van der Waals surface area contributed by atoms with Gasteiger partial charge in [-0.25, -0.2) is 0 Å². The van der Waals surface area contributed by atoms with Crippen LogP contribution in [0, 0.1) is 6.92 Å². The van der Waals surface area contributed by atoms with Crippen molar-refractivity contribution >= 4 is 17.4 Å². The zero-order valence-corrected chi connectivity index (χ0v) is 17.6. The number of fused-ring (bicyclic) bond motifs is 1. The van der Waals surface area contributed by atoms with Crippen LogP contribution in [0.2, 0.25) is 0 Å². The molecule has 0 aromatic heterocycles. The number of benzene rings is 2. The van der Waals surface area contributed by atoms with Crippen molar-refractivity contribution < 1.29 is 27.5 Å². The number of carbonyl (C=O) groups excluding carboxylic acids is 2. The predicted molar refractivity (Wildman–Crippen MR) is 109 cm³/mol. The van der Waals surface area contributed by atoms with Crippen LogP contribution in [0.25, 0.3) is 11.1 Å². The first-order valence-corrected chi connectivity index (χ1v) is 9.70. The molecule has 0 spiro atoms. The fourth-order valence-electron chi connectivity index (χ4n) is 3.97. The number of ketones is 1. The largest absolute Gasteiger partial charge is 0.573 e. The fraction of sp³-hybridized carbons (Fsp3) is 0.391. The molecule has 160 valence electrons. The van der Waals surface area contributed by atoms with E-state index in [2.05, 4.69) is 4.74 Å². The van der Waals surface area contributed by atoms with Crippen molar-refractivity contribution in [1.82, 2.24) is 0 Å². The topological polar surface area (TPSA) is 46.6 Å². The normalized spacial score (nSPS) is 15.7. The Labute approximate surface area is 173 Å². The Kier molecular flexibility index (Phi) is 5.43. The lowest BCUT2D eigenvalue weighted by Crippen LogP contribution is -2.41. The Morgan fingerprint density at radius 1 is 1.17 bits per heavy atom. The monoisotopic (exact) mass is 419 g/mol. The maximum absolute atomic E-state index is 13.0. The van der Waals surface area contributed by atoms with Crippen LogP contribution in [0.1, 0.15) is 55.6 Å². The van der Waals surface area contributed by atoms with Crippen LogP contribution in [-0.4, -0.2) is 24.6 Å². The second kappa shape index (κ2) is 7.45. The van der Waals surface area contributed by atoms with Gasteiger partial charge in [-0.15, -0.1) is 13.2 Å². The number of aryl methyl sites for hydroxylation is 1. The Morgan fingerprint density at radius 3 is 2.40 bits per heavy atom. The highest BCUT2D eigenvalue weighted by Gasteiger charge is 2.37. The SMILES string of the molecule is CCN1C(=O)CC(C)(C)c2cc(C)c(-c3cc(C(C)=O)ccc3OC(F)(F)F)cc21. The van der Waals surface area contributed by atoms with Gasteiger partial charge in [-0.1, -0.05) is 19.9 Å². The summed E-state index contributed by atoms with van der Waals surface area (Å²) < 4.78 is 43.2. The molecule has 3 rings (SSSR count). The molecule has 0 N–H and O–H groups in total. The quantitative estimate of drug-likeness (QED) is 0.589. The standard InChI is InChI=1S/C23H24F3NO3/c1-6-27-19-11-16(13(2)9-18(19)22(4,5)12-21(27)29)17-10-15(14(3)28)7-8-20(17)30-23(24,25)26/h7-11H,6,12H2,1-5H3. The smallest absolute Gasteiger partial charge is 0.405 e. The summed E-state index contributed by atoms with van der Waals surface area (Å²) in [5.41, 5.74) is 2.90. The van der Waals surface area contributed by atoms with Gasteiger partial charge in [0.1, 0.15) is 5.75 Å². The first-order chi connectivity index (χ1) is 13.8. The third kappa shape index (κ3) is 4.06. The van der Waals surface area contributed by atoms with Crippen LogP contribution in [0.5, 0.6) is 5.75 Å². The van der Waals surface area contributed by atoms with E-state index in [1.54, 1.807) is 17.9 Å². The van der Waals surface area contributed by atoms with Gasteiger partial charge in [0.2, 0.25) is 5.91 Å². The molecule has 0 bridgehead atoms. The summed E-state index contributed by atoms with van der Waals surface area (Å²) in [5.74, 6) is -0.689. The zero-order chi connectivity index (χ0) is 22.4. The average molecular weight is 419 g/mol. The molecular formula is C23H24F3NO3. The van der Waals surface area contributed by atoms with Gasteiger partial charge in [0.25, 0.3) is 0 Å². The first kappa shape index (κ1) is 21.9. The van der Waals surface area contributed by atoms with Crippen molar-refractivity contribution in [3.05, 3.63) is 47.0 Å². The maximum atomic E-state index is 13.0. The third-order valence-electron chi connectivity index (χ3n) is 5.48. The number of ether oxygens (including phenoxy) is 1. The van der Waals surface area contributed by atoms with Crippen LogP contribution in [0.4, 0.5) is 18.9 Å². The van der Waals surface area contributed by atoms with Crippen LogP contribution >= 0.6 is 0 Å². The number of hydrogen-bond donors (Lipinski definition) is 0. The molecule has 1 aliphatic heterocycles. The second-order valence-corrected chi connectivity index (χ2v) is 8.20. The van der Waals surface area contributed by atoms with Crippen molar-refractivity contribution in [2.24, 2.45) is 0 Å². The molecule has 2 aromatic rings. The summed E-state index contributed by atoms with van der Waals surface area (Å²) in [6.45, 7) is 9.41. The van der Waals surface area contributed by atoms with Gasteiger partial charge in [0.05, 0.1) is 0 Å². The van der Waals surface area contributed by atoms with Crippen LogP contribution in [0.3, 0.4) is 0 Å². The minimum atomic E-state index is -4.87. The van der Waals surface area contributed by atoms with E-state index in [-0.39, 0.29) is 28.6 Å². The molecule has 2 aromatic carbocycles. The zero-order valence-electron chi connectivity index (χ0n) is 17.6. The number of nitrogens with zero attached hydrogens (tertiary/aromatic N) is 1. The molecule has 1 amide bonds. The van der Waals surface area contributed by atoms with Crippen LogP contribution in [0.15, 0.2) is 30.3 Å². The number of rotatable bonds is 4. The van der Waals surface area contributed by atoms with E-state index >= 15 is 0 Å². The Bertz CT molecular complexity index is 1030. The average Bonchev–Trinajstić information content (AvgIpc) is 2.61.